The first-order valence-corrected chi connectivity index (χ1v) is 11.0. The number of piperidine rings is 1. The maximum Gasteiger partial charge on any atom is 0.229 e. The van der Waals surface area contributed by atoms with Gasteiger partial charge in [0.15, 0.2) is 0 Å². The van der Waals surface area contributed by atoms with Gasteiger partial charge in [-0.1, -0.05) is 32.1 Å². The quantitative estimate of drug-likeness (QED) is 0.637. The standard InChI is InChI=1S/C22H36N2O/c1-23-22-15-20-14-19(22)16-24(20)11-12-25-21-9-7-18(8-10-21)13-17-5-3-2-4-6-17/h17-22H,2-16H2. The lowest BCUT2D eigenvalue weighted by molar-refractivity contribution is 0.00125. The van der Waals surface area contributed by atoms with Crippen LogP contribution in [0.2, 0.25) is 0 Å². The molecule has 3 heteroatoms. The van der Waals surface area contributed by atoms with Crippen LogP contribution in [-0.4, -0.2) is 42.8 Å². The van der Waals surface area contributed by atoms with Gasteiger partial charge in [-0.3, -0.25) is 4.90 Å². The molecular formula is C22H36N2O. The summed E-state index contributed by atoms with van der Waals surface area (Å²) < 4.78 is 6.24. The summed E-state index contributed by atoms with van der Waals surface area (Å²) in [5.41, 5.74) is 0. The van der Waals surface area contributed by atoms with Gasteiger partial charge in [0.25, 0.3) is 0 Å². The highest BCUT2D eigenvalue weighted by Gasteiger charge is 2.48. The van der Waals surface area contributed by atoms with Crippen molar-refractivity contribution in [1.29, 1.82) is 0 Å². The van der Waals surface area contributed by atoms with E-state index in [0.717, 1.165) is 38.0 Å². The highest BCUT2D eigenvalue weighted by Crippen LogP contribution is 2.39. The maximum atomic E-state index is 7.27. The van der Waals surface area contributed by atoms with Crippen molar-refractivity contribution in [2.45, 2.75) is 95.2 Å². The lowest BCUT2D eigenvalue weighted by Crippen LogP contribution is -2.39. The van der Waals surface area contributed by atoms with Crippen LogP contribution in [0.4, 0.5) is 0 Å². The van der Waals surface area contributed by atoms with Gasteiger partial charge in [0.2, 0.25) is 6.04 Å². The van der Waals surface area contributed by atoms with Crippen LogP contribution in [0.1, 0.15) is 77.0 Å². The molecule has 0 spiro atoms. The molecule has 3 nitrogen and oxygen atoms in total. The lowest BCUT2D eigenvalue weighted by Gasteiger charge is -2.33. The van der Waals surface area contributed by atoms with Crippen LogP contribution in [0, 0.1) is 24.3 Å². The molecule has 1 heterocycles. The maximum absolute atomic E-state index is 7.27. The summed E-state index contributed by atoms with van der Waals surface area (Å²) in [4.78, 5) is 6.40. The molecule has 3 saturated carbocycles. The average Bonchev–Trinajstić information content (AvgIpc) is 3.24. The number of hydrogen-bond acceptors (Lipinski definition) is 2. The van der Waals surface area contributed by atoms with Gasteiger partial charge in [0.05, 0.1) is 12.7 Å². The zero-order valence-electron chi connectivity index (χ0n) is 15.9. The first kappa shape index (κ1) is 17.8. The molecule has 25 heavy (non-hydrogen) atoms. The molecule has 4 rings (SSSR count). The van der Waals surface area contributed by atoms with Gasteiger partial charge in [-0.25, -0.2) is 6.57 Å². The molecule has 0 aromatic carbocycles. The molecular weight excluding hydrogens is 308 g/mol. The van der Waals surface area contributed by atoms with E-state index < -0.39 is 0 Å². The summed E-state index contributed by atoms with van der Waals surface area (Å²) in [7, 11) is 0. The van der Waals surface area contributed by atoms with Gasteiger partial charge in [-0.2, -0.15) is 0 Å². The smallest absolute Gasteiger partial charge is 0.229 e. The molecule has 0 radical (unpaired) electrons. The first-order chi connectivity index (χ1) is 12.3. The minimum Gasteiger partial charge on any atom is -0.377 e. The zero-order valence-corrected chi connectivity index (χ0v) is 15.9. The summed E-state index contributed by atoms with van der Waals surface area (Å²) in [6.45, 7) is 10.4. The number of hydrogen-bond donors (Lipinski definition) is 0. The monoisotopic (exact) mass is 344 g/mol. The first-order valence-electron chi connectivity index (χ1n) is 11.0. The molecule has 1 saturated heterocycles. The predicted molar refractivity (Wildman–Crippen MR) is 101 cm³/mol. The molecule has 0 amide bonds. The third-order valence-corrected chi connectivity index (χ3v) is 7.70. The number of nitrogens with zero attached hydrogens (tertiary/aromatic N) is 2. The Balaban J connectivity index is 1.09. The van der Waals surface area contributed by atoms with E-state index in [-0.39, 0.29) is 0 Å². The Bertz CT molecular complexity index is 459. The summed E-state index contributed by atoms with van der Waals surface area (Å²) in [6.07, 6.45) is 17.3. The van der Waals surface area contributed by atoms with E-state index in [9.17, 15) is 0 Å². The van der Waals surface area contributed by atoms with Crippen LogP contribution < -0.4 is 0 Å². The summed E-state index contributed by atoms with van der Waals surface area (Å²) >= 11 is 0. The zero-order chi connectivity index (χ0) is 17.1. The van der Waals surface area contributed by atoms with E-state index in [2.05, 4.69) is 9.74 Å². The molecule has 3 aliphatic carbocycles. The summed E-state index contributed by atoms with van der Waals surface area (Å²) in [5, 5.41) is 0. The molecule has 3 unspecified atom stereocenters. The average molecular weight is 345 g/mol. The SMILES string of the molecule is [C-]#[N+]C1CC2CC1CN2CCOC1CCC(CC2CCCCC2)CC1. The Morgan fingerprint density at radius 1 is 0.920 bits per heavy atom. The van der Waals surface area contributed by atoms with Crippen molar-refractivity contribution < 1.29 is 4.74 Å². The minimum absolute atomic E-state index is 0.321. The third kappa shape index (κ3) is 4.40. The van der Waals surface area contributed by atoms with Crippen LogP contribution in [-0.2, 0) is 4.74 Å². The van der Waals surface area contributed by atoms with Crippen molar-refractivity contribution in [3.63, 3.8) is 0 Å². The van der Waals surface area contributed by atoms with E-state index >= 15 is 0 Å². The van der Waals surface area contributed by atoms with E-state index in [0.29, 0.717) is 24.1 Å². The second kappa shape index (κ2) is 8.40. The summed E-state index contributed by atoms with van der Waals surface area (Å²) in [5.74, 6) is 2.68. The van der Waals surface area contributed by atoms with Gasteiger partial charge < -0.3 is 9.58 Å². The summed E-state index contributed by atoms with van der Waals surface area (Å²) in [6, 6.07) is 1.00. The highest BCUT2D eigenvalue weighted by atomic mass is 16.5. The molecule has 3 atom stereocenters. The Morgan fingerprint density at radius 3 is 2.36 bits per heavy atom. The normalized spacial score (nSPS) is 39.6. The molecule has 0 N–H and O–H groups in total. The van der Waals surface area contributed by atoms with Crippen LogP contribution in [0.5, 0.6) is 0 Å². The Kier molecular flexibility index (Phi) is 5.98. The second-order valence-corrected chi connectivity index (χ2v) is 9.33. The van der Waals surface area contributed by atoms with Gasteiger partial charge in [-0.05, 0) is 50.4 Å². The third-order valence-electron chi connectivity index (χ3n) is 7.70. The van der Waals surface area contributed by atoms with E-state index in [1.165, 1.54) is 70.6 Å². The Morgan fingerprint density at radius 2 is 1.68 bits per heavy atom. The van der Waals surface area contributed by atoms with Crippen LogP contribution in [0.3, 0.4) is 0 Å². The van der Waals surface area contributed by atoms with Crippen molar-refractivity contribution in [2.75, 3.05) is 19.7 Å². The van der Waals surface area contributed by atoms with Gasteiger partial charge in [0.1, 0.15) is 0 Å². The fraction of sp³-hybridized carbons (Fsp3) is 0.955. The molecule has 4 fully saturated rings. The molecule has 1 aliphatic heterocycles. The number of fused-ring (bicyclic) bond motifs is 2. The van der Waals surface area contributed by atoms with Gasteiger partial charge in [-0.15, -0.1) is 0 Å². The van der Waals surface area contributed by atoms with E-state index in [1.54, 1.807) is 0 Å². The fourth-order valence-corrected chi connectivity index (χ4v) is 6.22. The predicted octanol–water partition coefficient (Wildman–Crippen LogP) is 4.91. The minimum atomic E-state index is 0.321. The van der Waals surface area contributed by atoms with Gasteiger partial charge in [0, 0.05) is 31.5 Å². The van der Waals surface area contributed by atoms with Crippen LogP contribution in [0.15, 0.2) is 0 Å². The van der Waals surface area contributed by atoms with Crippen molar-refractivity contribution >= 4 is 0 Å². The molecule has 2 bridgehead atoms. The number of ether oxygens (including phenoxy) is 1. The van der Waals surface area contributed by atoms with Crippen molar-refractivity contribution in [1.82, 2.24) is 4.90 Å². The van der Waals surface area contributed by atoms with Crippen molar-refractivity contribution in [2.24, 2.45) is 17.8 Å². The topological polar surface area (TPSA) is 16.8 Å². The molecule has 0 aromatic heterocycles. The Hall–Kier alpha value is -0.590. The lowest BCUT2D eigenvalue weighted by atomic mass is 9.77. The van der Waals surface area contributed by atoms with E-state index in [4.69, 9.17) is 11.3 Å². The van der Waals surface area contributed by atoms with Crippen molar-refractivity contribution in [3.05, 3.63) is 11.4 Å². The molecule has 0 aromatic rings. The second-order valence-electron chi connectivity index (χ2n) is 9.33. The van der Waals surface area contributed by atoms with Gasteiger partial charge >= 0.3 is 0 Å². The molecule has 140 valence electrons. The Labute approximate surface area is 154 Å². The van der Waals surface area contributed by atoms with Crippen LogP contribution in [0.25, 0.3) is 4.85 Å². The largest absolute Gasteiger partial charge is 0.377 e. The van der Waals surface area contributed by atoms with Crippen molar-refractivity contribution in [3.8, 4) is 0 Å². The highest BCUT2D eigenvalue weighted by molar-refractivity contribution is 5.05. The number of likely N-dealkylation sites (tertiary alicyclic amines) is 1. The van der Waals surface area contributed by atoms with Crippen LogP contribution >= 0.6 is 0 Å². The fourth-order valence-electron chi connectivity index (χ4n) is 6.22. The van der Waals surface area contributed by atoms with E-state index in [1.807, 2.05) is 0 Å². The number of rotatable bonds is 6. The molecule has 4 aliphatic rings.